The lowest BCUT2D eigenvalue weighted by Gasteiger charge is -2.20. The summed E-state index contributed by atoms with van der Waals surface area (Å²) in [6.45, 7) is 2.07. The first-order valence-corrected chi connectivity index (χ1v) is 3.88. The monoisotopic (exact) mass is 154 g/mol. The van der Waals surface area contributed by atoms with E-state index in [0.717, 1.165) is 12.8 Å². The second-order valence-electron chi connectivity index (χ2n) is 3.01. The van der Waals surface area contributed by atoms with Crippen LogP contribution in [0.25, 0.3) is 0 Å². The van der Waals surface area contributed by atoms with Gasteiger partial charge in [-0.1, -0.05) is 5.92 Å². The lowest BCUT2D eigenvalue weighted by Crippen LogP contribution is -2.34. The third-order valence-corrected chi connectivity index (χ3v) is 1.96. The van der Waals surface area contributed by atoms with Crippen molar-refractivity contribution >= 4 is 0 Å². The zero-order chi connectivity index (χ0) is 8.32. The maximum atomic E-state index is 9.85. The van der Waals surface area contributed by atoms with Gasteiger partial charge in [-0.15, -0.1) is 5.92 Å². The third kappa shape index (κ3) is 1.95. The van der Waals surface area contributed by atoms with Crippen LogP contribution in [0.4, 0.5) is 0 Å². The highest BCUT2D eigenvalue weighted by Gasteiger charge is 2.42. The van der Waals surface area contributed by atoms with Crippen LogP contribution in [0.15, 0.2) is 0 Å². The van der Waals surface area contributed by atoms with Crippen molar-refractivity contribution < 1.29 is 9.84 Å². The van der Waals surface area contributed by atoms with Gasteiger partial charge in [0.15, 0.2) is 5.60 Å². The Morgan fingerprint density at radius 2 is 2.27 bits per heavy atom. The standard InChI is InChI=1S/C9H14O2/c1-3-6-9(10,7-11-2)8-4-5-8/h8,10H,4-5,7H2,1-2H3. The average molecular weight is 154 g/mol. The van der Waals surface area contributed by atoms with Gasteiger partial charge >= 0.3 is 0 Å². The van der Waals surface area contributed by atoms with E-state index in [-0.39, 0.29) is 0 Å². The molecule has 1 rings (SSSR count). The fraction of sp³-hybridized carbons (Fsp3) is 0.778. The summed E-state index contributed by atoms with van der Waals surface area (Å²) in [7, 11) is 1.59. The van der Waals surface area contributed by atoms with E-state index in [9.17, 15) is 5.11 Å². The van der Waals surface area contributed by atoms with Gasteiger partial charge in [0.05, 0.1) is 6.61 Å². The van der Waals surface area contributed by atoms with Crippen LogP contribution in [-0.4, -0.2) is 24.4 Å². The predicted octanol–water partition coefficient (Wildman–Crippen LogP) is 0.797. The first-order chi connectivity index (χ1) is 5.23. The van der Waals surface area contributed by atoms with Crippen molar-refractivity contribution in [2.45, 2.75) is 25.4 Å². The first kappa shape index (κ1) is 8.58. The quantitative estimate of drug-likeness (QED) is 0.609. The van der Waals surface area contributed by atoms with E-state index in [4.69, 9.17) is 4.74 Å². The summed E-state index contributed by atoms with van der Waals surface area (Å²) in [6, 6.07) is 0. The molecule has 1 fully saturated rings. The summed E-state index contributed by atoms with van der Waals surface area (Å²) in [5.41, 5.74) is -0.872. The van der Waals surface area contributed by atoms with E-state index < -0.39 is 5.60 Å². The minimum atomic E-state index is -0.872. The van der Waals surface area contributed by atoms with Crippen molar-refractivity contribution in [1.29, 1.82) is 0 Å². The molecule has 2 nitrogen and oxygen atoms in total. The molecule has 1 atom stereocenters. The molecule has 0 heterocycles. The van der Waals surface area contributed by atoms with Crippen LogP contribution in [0.2, 0.25) is 0 Å². The van der Waals surface area contributed by atoms with Crippen molar-refractivity contribution in [2.24, 2.45) is 5.92 Å². The van der Waals surface area contributed by atoms with Crippen molar-refractivity contribution in [1.82, 2.24) is 0 Å². The van der Waals surface area contributed by atoms with Crippen LogP contribution in [0.1, 0.15) is 19.8 Å². The Bertz CT molecular complexity index is 185. The molecule has 0 aromatic rings. The highest BCUT2D eigenvalue weighted by atomic mass is 16.5. The highest BCUT2D eigenvalue weighted by molar-refractivity contribution is 5.17. The maximum Gasteiger partial charge on any atom is 0.151 e. The van der Waals surface area contributed by atoms with Gasteiger partial charge in [0.2, 0.25) is 0 Å². The number of hydrogen-bond acceptors (Lipinski definition) is 2. The van der Waals surface area contributed by atoms with Gasteiger partial charge in [0, 0.05) is 13.0 Å². The molecule has 1 aliphatic rings. The molecule has 62 valence electrons. The topological polar surface area (TPSA) is 29.5 Å². The Balaban J connectivity index is 2.58. The molecule has 0 spiro atoms. The lowest BCUT2D eigenvalue weighted by atomic mass is 10.00. The molecule has 1 N–H and O–H groups in total. The summed E-state index contributed by atoms with van der Waals surface area (Å²) in [6.07, 6.45) is 2.16. The van der Waals surface area contributed by atoms with Gasteiger partial charge in [0.25, 0.3) is 0 Å². The van der Waals surface area contributed by atoms with Crippen LogP contribution in [0, 0.1) is 17.8 Å². The maximum absolute atomic E-state index is 9.85. The number of aliphatic hydroxyl groups is 1. The Morgan fingerprint density at radius 1 is 1.64 bits per heavy atom. The summed E-state index contributed by atoms with van der Waals surface area (Å²) in [5.74, 6) is 5.88. The van der Waals surface area contributed by atoms with E-state index >= 15 is 0 Å². The average Bonchev–Trinajstić information content (AvgIpc) is 2.68. The molecule has 0 aliphatic heterocycles. The van der Waals surface area contributed by atoms with Crippen LogP contribution in [0.5, 0.6) is 0 Å². The van der Waals surface area contributed by atoms with E-state index in [1.165, 1.54) is 0 Å². The van der Waals surface area contributed by atoms with Crippen LogP contribution in [0.3, 0.4) is 0 Å². The molecule has 2 heteroatoms. The van der Waals surface area contributed by atoms with Gasteiger partial charge in [-0.3, -0.25) is 0 Å². The molecule has 11 heavy (non-hydrogen) atoms. The Hall–Kier alpha value is -0.520. The highest BCUT2D eigenvalue weighted by Crippen LogP contribution is 2.39. The summed E-state index contributed by atoms with van der Waals surface area (Å²) >= 11 is 0. The van der Waals surface area contributed by atoms with E-state index in [0.29, 0.717) is 12.5 Å². The van der Waals surface area contributed by atoms with Crippen LogP contribution >= 0.6 is 0 Å². The fourth-order valence-electron chi connectivity index (χ4n) is 1.25. The number of ether oxygens (including phenoxy) is 1. The predicted molar refractivity (Wildman–Crippen MR) is 43.0 cm³/mol. The molecular weight excluding hydrogens is 140 g/mol. The van der Waals surface area contributed by atoms with E-state index in [1.54, 1.807) is 14.0 Å². The summed E-state index contributed by atoms with van der Waals surface area (Å²) < 4.78 is 4.91. The van der Waals surface area contributed by atoms with Gasteiger partial charge in [-0.05, 0) is 19.8 Å². The zero-order valence-electron chi connectivity index (χ0n) is 7.05. The van der Waals surface area contributed by atoms with E-state index in [1.807, 2.05) is 0 Å². The minimum absolute atomic E-state index is 0.332. The molecule has 0 aromatic heterocycles. The number of rotatable bonds is 3. The normalized spacial score (nSPS) is 21.7. The second-order valence-corrected chi connectivity index (χ2v) is 3.01. The molecule has 0 bridgehead atoms. The summed E-state index contributed by atoms with van der Waals surface area (Å²) in [4.78, 5) is 0. The molecule has 0 saturated heterocycles. The molecule has 1 aliphatic carbocycles. The molecular formula is C9H14O2. The first-order valence-electron chi connectivity index (χ1n) is 3.88. The molecule has 1 unspecified atom stereocenters. The fourth-order valence-corrected chi connectivity index (χ4v) is 1.25. The van der Waals surface area contributed by atoms with Gasteiger partial charge in [0.1, 0.15) is 0 Å². The van der Waals surface area contributed by atoms with E-state index in [2.05, 4.69) is 11.8 Å². The van der Waals surface area contributed by atoms with Crippen molar-refractivity contribution in [3.8, 4) is 11.8 Å². The Morgan fingerprint density at radius 3 is 2.64 bits per heavy atom. The second kappa shape index (κ2) is 3.25. The van der Waals surface area contributed by atoms with Gasteiger partial charge in [-0.25, -0.2) is 0 Å². The Kier molecular flexibility index (Phi) is 2.53. The number of methoxy groups -OCH3 is 1. The SMILES string of the molecule is CC#CC(O)(COC)C1CC1. The lowest BCUT2D eigenvalue weighted by molar-refractivity contribution is -0.00238. The smallest absolute Gasteiger partial charge is 0.151 e. The zero-order valence-corrected chi connectivity index (χ0v) is 7.05. The largest absolute Gasteiger partial charge is 0.381 e. The number of hydrogen-bond donors (Lipinski definition) is 1. The third-order valence-electron chi connectivity index (χ3n) is 1.96. The van der Waals surface area contributed by atoms with Crippen molar-refractivity contribution in [3.05, 3.63) is 0 Å². The molecule has 0 aromatic carbocycles. The molecule has 0 radical (unpaired) electrons. The molecule has 0 amide bonds. The van der Waals surface area contributed by atoms with Gasteiger partial charge in [-0.2, -0.15) is 0 Å². The van der Waals surface area contributed by atoms with Crippen molar-refractivity contribution in [2.75, 3.05) is 13.7 Å². The van der Waals surface area contributed by atoms with Crippen LogP contribution in [-0.2, 0) is 4.74 Å². The Labute approximate surface area is 67.6 Å². The van der Waals surface area contributed by atoms with Crippen molar-refractivity contribution in [3.63, 3.8) is 0 Å². The van der Waals surface area contributed by atoms with Crippen LogP contribution < -0.4 is 0 Å². The van der Waals surface area contributed by atoms with Gasteiger partial charge < -0.3 is 9.84 Å². The molecule has 1 saturated carbocycles. The summed E-state index contributed by atoms with van der Waals surface area (Å²) in [5, 5.41) is 9.85. The minimum Gasteiger partial charge on any atom is -0.381 e.